The summed E-state index contributed by atoms with van der Waals surface area (Å²) < 4.78 is 4.31. The molecule has 0 rings (SSSR count). The van der Waals surface area contributed by atoms with Crippen molar-refractivity contribution in [3.8, 4) is 0 Å². The van der Waals surface area contributed by atoms with Crippen LogP contribution < -0.4 is 0 Å². The maximum Gasteiger partial charge on any atom is 0.0317 e. The second-order valence-electron chi connectivity index (χ2n) is 1.66. The summed E-state index contributed by atoms with van der Waals surface area (Å²) in [6, 6.07) is 0. The summed E-state index contributed by atoms with van der Waals surface area (Å²) in [7, 11) is 0. The lowest BCUT2D eigenvalue weighted by Crippen LogP contribution is -2.14. The van der Waals surface area contributed by atoms with E-state index < -0.39 is 0 Å². The topological polar surface area (TPSA) is 0 Å². The molecule has 0 radical (unpaired) electrons. The van der Waals surface area contributed by atoms with Gasteiger partial charge in [-0.25, -0.2) is 0 Å². The first-order valence-corrected chi connectivity index (χ1v) is 8.16. The van der Waals surface area contributed by atoms with Crippen LogP contribution >= 0.6 is 90.4 Å². The van der Waals surface area contributed by atoms with Gasteiger partial charge >= 0.3 is 0 Å². The Balaban J connectivity index is 3.32. The quantitative estimate of drug-likeness (QED) is 0.353. The van der Waals surface area contributed by atoms with Gasteiger partial charge in [0.2, 0.25) is 0 Å². The molecule has 4 heteroatoms. The van der Waals surface area contributed by atoms with Gasteiger partial charge in [0.15, 0.2) is 0 Å². The summed E-state index contributed by atoms with van der Waals surface area (Å²) in [6.45, 7) is 0. The van der Waals surface area contributed by atoms with Crippen LogP contribution in [0.15, 0.2) is 0 Å². The van der Waals surface area contributed by atoms with Crippen LogP contribution in [-0.4, -0.2) is 16.7 Å². The Bertz CT molecular complexity index is 66.0. The van der Waals surface area contributed by atoms with Gasteiger partial charge < -0.3 is 0 Å². The predicted molar refractivity (Wildman–Crippen MR) is 78.0 cm³/mol. The minimum atomic E-state index is 0.860. The molecule has 2 atom stereocenters. The zero-order chi connectivity index (χ0) is 7.28. The van der Waals surface area contributed by atoms with Crippen molar-refractivity contribution in [2.45, 2.75) is 14.3 Å². The van der Waals surface area contributed by atoms with Gasteiger partial charge in [0.05, 0.1) is 0 Å². The minimum absolute atomic E-state index is 0.860. The monoisotopic (exact) mass is 576 g/mol. The lowest BCUT2D eigenvalue weighted by molar-refractivity contribution is 0.886. The molecule has 0 aliphatic rings. The Morgan fingerprint density at radius 2 is 1.56 bits per heavy atom. The average molecular weight is 576 g/mol. The van der Waals surface area contributed by atoms with Crippen molar-refractivity contribution in [3.63, 3.8) is 0 Å². The molecular formula is C5H8I4. The molecule has 2 unspecified atom stereocenters. The summed E-state index contributed by atoms with van der Waals surface area (Å²) in [5.41, 5.74) is 0. The van der Waals surface area contributed by atoms with Crippen molar-refractivity contribution in [1.29, 1.82) is 0 Å². The first-order chi connectivity index (χ1) is 4.22. The maximum absolute atomic E-state index is 2.55. The highest BCUT2D eigenvalue weighted by atomic mass is 127. The second kappa shape index (κ2) is 7.56. The van der Waals surface area contributed by atoms with Crippen molar-refractivity contribution in [2.75, 3.05) is 8.86 Å². The molecule has 0 N–H and O–H groups in total. The smallest absolute Gasteiger partial charge is 0.0317 e. The van der Waals surface area contributed by atoms with Crippen LogP contribution in [0.4, 0.5) is 0 Å². The molecule has 56 valence electrons. The molecule has 9 heavy (non-hydrogen) atoms. The number of halogens is 4. The Hall–Kier alpha value is 2.92. The van der Waals surface area contributed by atoms with Crippen molar-refractivity contribution in [3.05, 3.63) is 0 Å². The Kier molecular flexibility index (Phi) is 10.0. The molecule has 0 fully saturated rings. The van der Waals surface area contributed by atoms with Crippen molar-refractivity contribution < 1.29 is 0 Å². The summed E-state index contributed by atoms with van der Waals surface area (Å²) in [6.07, 6.45) is 1.36. The molecule has 0 bridgehead atoms. The second-order valence-corrected chi connectivity index (χ2v) is 6.82. The lowest BCUT2D eigenvalue weighted by Gasteiger charge is -2.11. The summed E-state index contributed by atoms with van der Waals surface area (Å²) >= 11 is 9.98. The zero-order valence-corrected chi connectivity index (χ0v) is 13.4. The highest BCUT2D eigenvalue weighted by Crippen LogP contribution is 2.21. The molecule has 0 heterocycles. The molecule has 0 aliphatic heterocycles. The Morgan fingerprint density at radius 1 is 1.00 bits per heavy atom. The molecular weight excluding hydrogens is 568 g/mol. The first-order valence-electron chi connectivity index (χ1n) is 2.62. The first kappa shape index (κ1) is 11.9. The van der Waals surface area contributed by atoms with Gasteiger partial charge in [-0.15, -0.1) is 0 Å². The van der Waals surface area contributed by atoms with Crippen molar-refractivity contribution >= 4 is 90.4 Å². The number of hydrogen-bond acceptors (Lipinski definition) is 0. The predicted octanol–water partition coefficient (Wildman–Crippen LogP) is 3.85. The molecule has 0 saturated carbocycles. The zero-order valence-electron chi connectivity index (χ0n) is 4.79. The Morgan fingerprint density at radius 3 is 1.89 bits per heavy atom. The third kappa shape index (κ3) is 6.12. The largest absolute Gasteiger partial charge is 0.0863 e. The van der Waals surface area contributed by atoms with E-state index in [9.17, 15) is 0 Å². The standard InChI is InChI=1S/C5H8I4/c6-2-1-4(8)5(9)3-7/h4-5H,1-3H2. The number of hydrogen-bond donors (Lipinski definition) is 0. The number of alkyl halides is 4. The number of rotatable bonds is 4. The maximum atomic E-state index is 2.55. The van der Waals surface area contributed by atoms with Crippen LogP contribution in [0.3, 0.4) is 0 Å². The Labute approximate surface area is 111 Å². The van der Waals surface area contributed by atoms with Gasteiger partial charge in [-0.1, -0.05) is 90.4 Å². The van der Waals surface area contributed by atoms with Gasteiger partial charge in [-0.2, -0.15) is 0 Å². The van der Waals surface area contributed by atoms with Gasteiger partial charge in [0.1, 0.15) is 0 Å². The molecule has 0 amide bonds. The van der Waals surface area contributed by atoms with Gasteiger partial charge in [-0.05, 0) is 6.42 Å². The minimum Gasteiger partial charge on any atom is -0.0863 e. The van der Waals surface area contributed by atoms with Crippen molar-refractivity contribution in [1.82, 2.24) is 0 Å². The third-order valence-corrected chi connectivity index (χ3v) is 8.36. The van der Waals surface area contributed by atoms with E-state index in [1.54, 1.807) is 0 Å². The van der Waals surface area contributed by atoms with E-state index >= 15 is 0 Å². The van der Waals surface area contributed by atoms with Gasteiger partial charge in [0.25, 0.3) is 0 Å². The summed E-state index contributed by atoms with van der Waals surface area (Å²) in [5.74, 6) is 0. The molecule has 0 nitrogen and oxygen atoms in total. The molecule has 0 aromatic rings. The molecule has 0 spiro atoms. The summed E-state index contributed by atoms with van der Waals surface area (Å²) in [5, 5.41) is 0. The lowest BCUT2D eigenvalue weighted by atomic mass is 10.3. The SMILES string of the molecule is ICCC(I)C(I)CI. The van der Waals surface area contributed by atoms with E-state index in [1.807, 2.05) is 0 Å². The average Bonchev–Trinajstić information content (AvgIpc) is 1.87. The molecule has 0 aliphatic carbocycles. The van der Waals surface area contributed by atoms with Crippen LogP contribution in [0.5, 0.6) is 0 Å². The van der Waals surface area contributed by atoms with E-state index in [-0.39, 0.29) is 0 Å². The van der Waals surface area contributed by atoms with E-state index in [0.29, 0.717) is 0 Å². The fourth-order valence-corrected chi connectivity index (χ4v) is 4.76. The summed E-state index contributed by atoms with van der Waals surface area (Å²) in [4.78, 5) is 0. The van der Waals surface area contributed by atoms with Crippen LogP contribution in [0, 0.1) is 0 Å². The van der Waals surface area contributed by atoms with E-state index in [2.05, 4.69) is 90.4 Å². The van der Waals surface area contributed by atoms with Gasteiger partial charge in [0, 0.05) is 16.7 Å². The van der Waals surface area contributed by atoms with E-state index in [4.69, 9.17) is 0 Å². The van der Waals surface area contributed by atoms with Gasteiger partial charge in [-0.3, -0.25) is 0 Å². The normalized spacial score (nSPS) is 17.3. The van der Waals surface area contributed by atoms with Crippen molar-refractivity contribution in [2.24, 2.45) is 0 Å². The fraction of sp³-hybridized carbons (Fsp3) is 1.00. The fourth-order valence-electron chi connectivity index (χ4n) is 0.382. The van der Waals surface area contributed by atoms with Crippen LogP contribution in [-0.2, 0) is 0 Å². The van der Waals surface area contributed by atoms with Crippen LogP contribution in [0.25, 0.3) is 0 Å². The molecule has 0 aromatic carbocycles. The molecule has 0 aromatic heterocycles. The van der Waals surface area contributed by atoms with E-state index in [0.717, 1.165) is 7.85 Å². The van der Waals surface area contributed by atoms with Crippen LogP contribution in [0.1, 0.15) is 6.42 Å². The third-order valence-electron chi connectivity index (χ3n) is 0.925. The molecule has 0 saturated heterocycles. The highest BCUT2D eigenvalue weighted by molar-refractivity contribution is 14.1. The van der Waals surface area contributed by atoms with E-state index in [1.165, 1.54) is 15.3 Å². The van der Waals surface area contributed by atoms with Crippen LogP contribution in [0.2, 0.25) is 0 Å². The highest BCUT2D eigenvalue weighted by Gasteiger charge is 2.12.